The molecule has 0 unspecified atom stereocenters. The summed E-state index contributed by atoms with van der Waals surface area (Å²) in [5, 5.41) is 7.64. The summed E-state index contributed by atoms with van der Waals surface area (Å²) in [5.74, 6) is 2.09. The molecule has 0 spiro atoms. The second-order valence-electron chi connectivity index (χ2n) is 7.36. The van der Waals surface area contributed by atoms with Crippen molar-refractivity contribution in [3.8, 4) is 5.88 Å². The van der Waals surface area contributed by atoms with Gasteiger partial charge in [-0.2, -0.15) is 4.98 Å². The van der Waals surface area contributed by atoms with Crippen molar-refractivity contribution in [3.05, 3.63) is 30.0 Å². The normalized spacial score (nSPS) is 19.6. The van der Waals surface area contributed by atoms with Crippen LogP contribution in [0.3, 0.4) is 0 Å². The van der Waals surface area contributed by atoms with E-state index in [-0.39, 0.29) is 6.10 Å². The molecule has 3 aromatic rings. The van der Waals surface area contributed by atoms with Gasteiger partial charge >= 0.3 is 0 Å². The minimum atomic E-state index is 0.181. The van der Waals surface area contributed by atoms with Crippen molar-refractivity contribution < 1.29 is 9.47 Å². The predicted molar refractivity (Wildman–Crippen MR) is 115 cm³/mol. The number of pyridine rings is 2. The Balaban J connectivity index is 1.34. The van der Waals surface area contributed by atoms with Gasteiger partial charge in [0.05, 0.1) is 23.4 Å². The first-order chi connectivity index (χ1) is 14.2. The van der Waals surface area contributed by atoms with E-state index in [0.717, 1.165) is 78.4 Å². The van der Waals surface area contributed by atoms with Gasteiger partial charge in [-0.15, -0.1) is 0 Å². The Bertz CT molecular complexity index is 998. The fourth-order valence-electron chi connectivity index (χ4n) is 3.57. The van der Waals surface area contributed by atoms with Crippen LogP contribution in [0.4, 0.5) is 16.8 Å². The number of fused-ring (bicyclic) bond motifs is 1. The second kappa shape index (κ2) is 8.10. The molecule has 1 atom stereocenters. The molecule has 2 aliphatic heterocycles. The first-order valence-corrected chi connectivity index (χ1v) is 10.8. The summed E-state index contributed by atoms with van der Waals surface area (Å²) in [6.45, 7) is 7.16. The number of hydrogen-bond donors (Lipinski definition) is 2. The van der Waals surface area contributed by atoms with Gasteiger partial charge in [-0.3, -0.25) is 0 Å². The van der Waals surface area contributed by atoms with E-state index in [0.29, 0.717) is 5.88 Å². The lowest BCUT2D eigenvalue weighted by atomic mass is 10.3. The van der Waals surface area contributed by atoms with E-state index in [1.165, 1.54) is 0 Å². The highest BCUT2D eigenvalue weighted by Crippen LogP contribution is 2.30. The minimum Gasteiger partial charge on any atom is -0.473 e. The second-order valence-corrected chi connectivity index (χ2v) is 8.37. The lowest BCUT2D eigenvalue weighted by molar-refractivity contribution is 0.122. The summed E-state index contributed by atoms with van der Waals surface area (Å²) < 4.78 is 12.5. The summed E-state index contributed by atoms with van der Waals surface area (Å²) >= 11 is 1.67. The fraction of sp³-hybridized carbons (Fsp3) is 0.450. The quantitative estimate of drug-likeness (QED) is 0.662. The molecule has 9 heteroatoms. The molecule has 0 amide bonds. The van der Waals surface area contributed by atoms with Crippen molar-refractivity contribution in [3.63, 3.8) is 0 Å². The number of nitrogens with zero attached hydrogens (tertiary/aromatic N) is 4. The monoisotopic (exact) mass is 412 g/mol. The molecule has 2 fully saturated rings. The smallest absolute Gasteiger partial charge is 0.215 e. The number of morpholine rings is 1. The standard InChI is InChI=1S/C20H24N6O2S/c1-13-8-18(25-19(9-13)28-14-2-3-21-11-14)24-17-10-15-16(12-22-17)29-20(23-15)26-4-6-27-7-5-26/h8-10,12,14,21H,2-7,11H2,1H3,(H,22,24,25)/t14-/m0/s1. The van der Waals surface area contributed by atoms with E-state index in [9.17, 15) is 0 Å². The van der Waals surface area contributed by atoms with Gasteiger partial charge in [0.1, 0.15) is 17.7 Å². The molecular formula is C20H24N6O2S. The molecule has 2 aliphatic rings. The maximum absolute atomic E-state index is 6.01. The molecule has 2 saturated heterocycles. The number of aryl methyl sites for hydroxylation is 1. The minimum absolute atomic E-state index is 0.181. The number of anilines is 3. The third kappa shape index (κ3) is 4.26. The van der Waals surface area contributed by atoms with Crippen molar-refractivity contribution in [2.24, 2.45) is 0 Å². The highest BCUT2D eigenvalue weighted by molar-refractivity contribution is 7.22. The van der Waals surface area contributed by atoms with Gasteiger partial charge in [0.2, 0.25) is 5.88 Å². The largest absolute Gasteiger partial charge is 0.473 e. The number of nitrogens with one attached hydrogen (secondary N) is 2. The summed E-state index contributed by atoms with van der Waals surface area (Å²) in [5.41, 5.74) is 2.03. The van der Waals surface area contributed by atoms with Gasteiger partial charge < -0.3 is 25.0 Å². The lowest BCUT2D eigenvalue weighted by Crippen LogP contribution is -2.36. The van der Waals surface area contributed by atoms with Crippen molar-refractivity contribution in [1.82, 2.24) is 20.3 Å². The topological polar surface area (TPSA) is 84.4 Å². The van der Waals surface area contributed by atoms with Crippen LogP contribution in [0.25, 0.3) is 10.2 Å². The van der Waals surface area contributed by atoms with Gasteiger partial charge in [-0.1, -0.05) is 11.3 Å². The first-order valence-electron chi connectivity index (χ1n) is 9.95. The van der Waals surface area contributed by atoms with Crippen molar-refractivity contribution in [2.75, 3.05) is 49.6 Å². The van der Waals surface area contributed by atoms with E-state index in [1.807, 2.05) is 31.3 Å². The number of hydrogen-bond acceptors (Lipinski definition) is 9. The zero-order chi connectivity index (χ0) is 19.6. The number of rotatable bonds is 5. The zero-order valence-electron chi connectivity index (χ0n) is 16.4. The molecule has 29 heavy (non-hydrogen) atoms. The number of thiazole rings is 1. The Kier molecular flexibility index (Phi) is 5.17. The maximum Gasteiger partial charge on any atom is 0.215 e. The Morgan fingerprint density at radius 2 is 2.10 bits per heavy atom. The Morgan fingerprint density at radius 1 is 1.21 bits per heavy atom. The van der Waals surface area contributed by atoms with E-state index < -0.39 is 0 Å². The van der Waals surface area contributed by atoms with E-state index in [2.05, 4.69) is 25.5 Å². The molecule has 5 heterocycles. The van der Waals surface area contributed by atoms with E-state index in [4.69, 9.17) is 14.5 Å². The van der Waals surface area contributed by atoms with Crippen LogP contribution in [0.2, 0.25) is 0 Å². The van der Waals surface area contributed by atoms with Crippen LogP contribution in [0.1, 0.15) is 12.0 Å². The fourth-order valence-corrected chi connectivity index (χ4v) is 4.54. The SMILES string of the molecule is Cc1cc(Nc2cc3nc(N4CCOCC4)sc3cn2)nc(O[C@H]2CCNC2)c1. The molecule has 3 aromatic heterocycles. The maximum atomic E-state index is 6.01. The van der Waals surface area contributed by atoms with Crippen molar-refractivity contribution >= 4 is 38.3 Å². The van der Waals surface area contributed by atoms with Crippen LogP contribution in [0, 0.1) is 6.92 Å². The van der Waals surface area contributed by atoms with Gasteiger partial charge in [0.15, 0.2) is 5.13 Å². The zero-order valence-corrected chi connectivity index (χ0v) is 17.2. The predicted octanol–water partition coefficient (Wildman–Crippen LogP) is 2.72. The first kappa shape index (κ1) is 18.5. The highest BCUT2D eigenvalue weighted by atomic mass is 32.1. The summed E-state index contributed by atoms with van der Waals surface area (Å²) in [6, 6.07) is 5.93. The molecule has 0 aromatic carbocycles. The van der Waals surface area contributed by atoms with Crippen LogP contribution in [0.15, 0.2) is 24.4 Å². The van der Waals surface area contributed by atoms with Crippen LogP contribution >= 0.6 is 11.3 Å². The van der Waals surface area contributed by atoms with Gasteiger partial charge in [0, 0.05) is 38.0 Å². The van der Waals surface area contributed by atoms with Gasteiger partial charge in [0.25, 0.3) is 0 Å². The van der Waals surface area contributed by atoms with Crippen LogP contribution in [0.5, 0.6) is 5.88 Å². The molecule has 0 radical (unpaired) electrons. The van der Waals surface area contributed by atoms with Crippen LogP contribution < -0.4 is 20.3 Å². The van der Waals surface area contributed by atoms with Gasteiger partial charge in [-0.05, 0) is 31.5 Å². The molecular weight excluding hydrogens is 388 g/mol. The van der Waals surface area contributed by atoms with Crippen LogP contribution in [-0.4, -0.2) is 60.4 Å². The Labute approximate surface area is 173 Å². The average molecular weight is 413 g/mol. The molecule has 2 N–H and O–H groups in total. The molecule has 0 aliphatic carbocycles. The van der Waals surface area contributed by atoms with E-state index >= 15 is 0 Å². The summed E-state index contributed by atoms with van der Waals surface area (Å²) in [6.07, 6.45) is 3.06. The lowest BCUT2D eigenvalue weighted by Gasteiger charge is -2.25. The third-order valence-corrected chi connectivity index (χ3v) is 6.12. The van der Waals surface area contributed by atoms with Crippen LogP contribution in [-0.2, 0) is 4.74 Å². The summed E-state index contributed by atoms with van der Waals surface area (Å²) in [4.78, 5) is 16.2. The van der Waals surface area contributed by atoms with Gasteiger partial charge in [-0.25, -0.2) is 9.97 Å². The van der Waals surface area contributed by atoms with Crippen molar-refractivity contribution in [1.29, 1.82) is 0 Å². The average Bonchev–Trinajstić information content (AvgIpc) is 3.37. The number of ether oxygens (including phenoxy) is 2. The Morgan fingerprint density at radius 3 is 2.93 bits per heavy atom. The summed E-state index contributed by atoms with van der Waals surface area (Å²) in [7, 11) is 0. The van der Waals surface area contributed by atoms with Crippen molar-refractivity contribution in [2.45, 2.75) is 19.4 Å². The number of aromatic nitrogens is 3. The highest BCUT2D eigenvalue weighted by Gasteiger charge is 2.18. The third-order valence-electron chi connectivity index (χ3n) is 5.05. The molecule has 0 bridgehead atoms. The Hall–Kier alpha value is -2.49. The molecule has 0 saturated carbocycles. The molecule has 5 rings (SSSR count). The molecule has 152 valence electrons. The molecule has 8 nitrogen and oxygen atoms in total. The van der Waals surface area contributed by atoms with E-state index in [1.54, 1.807) is 11.3 Å².